The molecule has 8 nitrogen and oxygen atoms in total. The Hall–Kier alpha value is -4.20. The Kier molecular flexibility index (Phi) is 7.12. The van der Waals surface area contributed by atoms with Crippen molar-refractivity contribution in [3.8, 4) is 0 Å². The second kappa shape index (κ2) is 10.4. The Morgan fingerprint density at radius 2 is 0.850 bits per heavy atom. The molecular weight excluding hydrogens is 512 g/mol. The molecule has 0 saturated heterocycles. The highest BCUT2D eigenvalue weighted by Crippen LogP contribution is 2.65. The molecule has 0 radical (unpaired) electrons. The maximum atomic E-state index is 13.3. The van der Waals surface area contributed by atoms with Crippen molar-refractivity contribution in [2.45, 2.75) is 25.7 Å². The molecule has 0 N–H and O–H groups in total. The summed E-state index contributed by atoms with van der Waals surface area (Å²) in [5.74, 6) is -3.31. The van der Waals surface area contributed by atoms with Gasteiger partial charge in [0, 0.05) is 0 Å². The zero-order valence-corrected chi connectivity index (χ0v) is 23.0. The van der Waals surface area contributed by atoms with Crippen molar-refractivity contribution in [3.63, 3.8) is 0 Å². The summed E-state index contributed by atoms with van der Waals surface area (Å²) in [7, 11) is 5.04. The van der Waals surface area contributed by atoms with Gasteiger partial charge in [0.25, 0.3) is 0 Å². The summed E-state index contributed by atoms with van der Waals surface area (Å²) in [4.78, 5) is 53.2. The van der Waals surface area contributed by atoms with Crippen LogP contribution in [0.25, 0.3) is 11.1 Å². The molecule has 0 aromatic heterocycles. The Bertz CT molecular complexity index is 1280. The third-order valence-electron chi connectivity index (χ3n) is 8.82. The van der Waals surface area contributed by atoms with E-state index in [1.165, 1.54) is 28.4 Å². The maximum Gasteiger partial charge on any atom is 0.323 e. The van der Waals surface area contributed by atoms with Crippen LogP contribution in [0.15, 0.2) is 71.8 Å². The van der Waals surface area contributed by atoms with E-state index in [9.17, 15) is 19.2 Å². The van der Waals surface area contributed by atoms with Crippen molar-refractivity contribution in [1.29, 1.82) is 0 Å². The van der Waals surface area contributed by atoms with E-state index in [0.29, 0.717) is 0 Å². The molecular formula is C32H32O8. The lowest BCUT2D eigenvalue weighted by atomic mass is 9.70. The molecule has 2 atom stereocenters. The lowest BCUT2D eigenvalue weighted by Gasteiger charge is -2.33. The van der Waals surface area contributed by atoms with Crippen molar-refractivity contribution in [3.05, 3.63) is 82.9 Å². The number of hydrogen-bond donors (Lipinski definition) is 0. The number of carbonyl (C=O) groups is 4. The minimum Gasteiger partial charge on any atom is -0.468 e. The quantitative estimate of drug-likeness (QED) is 0.300. The summed E-state index contributed by atoms with van der Waals surface area (Å²) >= 11 is 0. The van der Waals surface area contributed by atoms with Gasteiger partial charge in [-0.05, 0) is 59.8 Å². The molecule has 2 aromatic carbocycles. The summed E-state index contributed by atoms with van der Waals surface area (Å²) in [6, 6.07) is 19.5. The summed E-state index contributed by atoms with van der Waals surface area (Å²) in [5.41, 5.74) is 2.30. The van der Waals surface area contributed by atoms with Crippen LogP contribution < -0.4 is 0 Å². The first-order valence-electron chi connectivity index (χ1n) is 13.2. The van der Waals surface area contributed by atoms with E-state index in [2.05, 4.69) is 0 Å². The van der Waals surface area contributed by atoms with E-state index >= 15 is 0 Å². The van der Waals surface area contributed by atoms with Crippen LogP contribution in [-0.4, -0.2) is 52.3 Å². The second-order valence-corrected chi connectivity index (χ2v) is 10.6. The third-order valence-corrected chi connectivity index (χ3v) is 8.82. The fourth-order valence-electron chi connectivity index (χ4n) is 7.13. The van der Waals surface area contributed by atoms with E-state index in [4.69, 9.17) is 18.9 Å². The van der Waals surface area contributed by atoms with Crippen LogP contribution in [0.2, 0.25) is 0 Å². The number of rotatable bonds is 6. The zero-order chi connectivity index (χ0) is 28.7. The lowest BCUT2D eigenvalue weighted by Crippen LogP contribution is -2.40. The van der Waals surface area contributed by atoms with Gasteiger partial charge < -0.3 is 18.9 Å². The molecule has 0 bridgehead atoms. The lowest BCUT2D eigenvalue weighted by molar-refractivity contribution is -0.171. The molecule has 0 spiro atoms. The van der Waals surface area contributed by atoms with Crippen molar-refractivity contribution < 1.29 is 38.1 Å². The molecule has 2 saturated carbocycles. The number of ether oxygens (including phenoxy) is 4. The Balaban J connectivity index is 1.84. The van der Waals surface area contributed by atoms with Gasteiger partial charge in [0.1, 0.15) is 0 Å². The normalized spacial score (nSPS) is 22.2. The fraction of sp³-hybridized carbons (Fsp3) is 0.375. The smallest absolute Gasteiger partial charge is 0.323 e. The van der Waals surface area contributed by atoms with Gasteiger partial charge in [0.15, 0.2) is 10.8 Å². The van der Waals surface area contributed by atoms with Gasteiger partial charge in [-0.25, -0.2) is 0 Å². The summed E-state index contributed by atoms with van der Waals surface area (Å²) in [6.45, 7) is 0. The monoisotopic (exact) mass is 544 g/mol. The van der Waals surface area contributed by atoms with Crippen LogP contribution in [0.1, 0.15) is 36.8 Å². The number of allylic oxidation sites excluding steroid dienone is 4. The van der Waals surface area contributed by atoms with E-state index in [1.807, 2.05) is 60.7 Å². The van der Waals surface area contributed by atoms with Gasteiger partial charge in [-0.3, -0.25) is 19.2 Å². The van der Waals surface area contributed by atoms with E-state index in [0.717, 1.165) is 33.4 Å². The van der Waals surface area contributed by atoms with E-state index in [1.54, 1.807) is 0 Å². The van der Waals surface area contributed by atoms with Crippen LogP contribution in [-0.2, 0) is 38.1 Å². The number of hydrogen-bond acceptors (Lipinski definition) is 8. The number of carbonyl (C=O) groups excluding carboxylic acids is 4. The minimum atomic E-state index is -1.55. The number of fused-ring (bicyclic) bond motifs is 3. The van der Waals surface area contributed by atoms with Gasteiger partial charge in [-0.15, -0.1) is 0 Å². The summed E-state index contributed by atoms with van der Waals surface area (Å²) in [6.07, 6.45) is 0.467. The molecule has 0 unspecified atom stereocenters. The van der Waals surface area contributed by atoms with Crippen LogP contribution >= 0.6 is 0 Å². The Labute approximate surface area is 232 Å². The highest BCUT2D eigenvalue weighted by Gasteiger charge is 2.64. The number of methoxy groups -OCH3 is 4. The number of esters is 4. The summed E-state index contributed by atoms with van der Waals surface area (Å²) in [5, 5.41) is 0. The first-order chi connectivity index (χ1) is 19.3. The molecule has 40 heavy (non-hydrogen) atoms. The largest absolute Gasteiger partial charge is 0.468 e. The average Bonchev–Trinajstić information content (AvgIpc) is 3.61. The molecule has 3 aliphatic carbocycles. The molecule has 3 aliphatic rings. The third kappa shape index (κ3) is 3.96. The van der Waals surface area contributed by atoms with Crippen molar-refractivity contribution in [2.24, 2.45) is 22.7 Å². The summed E-state index contributed by atoms with van der Waals surface area (Å²) < 4.78 is 20.6. The molecule has 8 heteroatoms. The van der Waals surface area contributed by atoms with Crippen LogP contribution in [0.4, 0.5) is 0 Å². The van der Waals surface area contributed by atoms with Gasteiger partial charge in [-0.2, -0.15) is 0 Å². The standard InChI is InChI=1S/C32H32O8/c1-37-27(33)31(28(34)38-2)15-21-22-16-32(29(35)39-3,30(36)40-4)18-24(22)26(20-13-9-6-10-14-20)25(23(21)17-31)19-11-7-5-8-12-19/h5-14,21-22H,15-18H2,1-4H3/t21-,22-/m0/s1. The van der Waals surface area contributed by atoms with Crippen molar-refractivity contribution in [1.82, 2.24) is 0 Å². The molecule has 2 fully saturated rings. The van der Waals surface area contributed by atoms with Gasteiger partial charge >= 0.3 is 23.9 Å². The first kappa shape index (κ1) is 27.4. The maximum absolute atomic E-state index is 13.3. The van der Waals surface area contributed by atoms with E-state index < -0.39 is 34.7 Å². The predicted molar refractivity (Wildman–Crippen MR) is 145 cm³/mol. The van der Waals surface area contributed by atoms with Crippen LogP contribution in [0.3, 0.4) is 0 Å². The topological polar surface area (TPSA) is 105 Å². The highest BCUT2D eigenvalue weighted by atomic mass is 16.6. The number of benzene rings is 2. The molecule has 0 heterocycles. The van der Waals surface area contributed by atoms with Crippen LogP contribution in [0.5, 0.6) is 0 Å². The molecule has 0 aliphatic heterocycles. The van der Waals surface area contributed by atoms with Crippen molar-refractivity contribution >= 4 is 35.0 Å². The minimum absolute atomic E-state index is 0.102. The Morgan fingerprint density at radius 1 is 0.550 bits per heavy atom. The first-order valence-corrected chi connectivity index (χ1v) is 13.2. The van der Waals surface area contributed by atoms with Crippen LogP contribution in [0, 0.1) is 22.7 Å². The van der Waals surface area contributed by atoms with Crippen molar-refractivity contribution in [2.75, 3.05) is 28.4 Å². The fourth-order valence-corrected chi connectivity index (χ4v) is 7.13. The van der Waals surface area contributed by atoms with Gasteiger partial charge in [0.2, 0.25) is 0 Å². The van der Waals surface area contributed by atoms with Gasteiger partial charge in [0.05, 0.1) is 28.4 Å². The molecule has 5 rings (SSSR count). The van der Waals surface area contributed by atoms with E-state index in [-0.39, 0.29) is 37.5 Å². The Morgan fingerprint density at radius 3 is 1.12 bits per heavy atom. The SMILES string of the molecule is COC(=O)C1(C(=O)OC)CC2=C(c3ccccc3)C(c3ccccc3)=C3CC(C(=O)OC)(C(=O)OC)C[C@H]3[C@@H]2C1. The highest BCUT2D eigenvalue weighted by molar-refractivity contribution is 6.12. The zero-order valence-electron chi connectivity index (χ0n) is 23.0. The van der Waals surface area contributed by atoms with Gasteiger partial charge in [-0.1, -0.05) is 71.8 Å². The second-order valence-electron chi connectivity index (χ2n) is 10.6. The molecule has 208 valence electrons. The average molecular weight is 545 g/mol. The predicted octanol–water partition coefficient (Wildman–Crippen LogP) is 4.39. The molecule has 0 amide bonds. The molecule has 2 aromatic rings.